The Labute approximate surface area is 100 Å². The summed E-state index contributed by atoms with van der Waals surface area (Å²) in [6, 6.07) is 8.59. The lowest BCUT2D eigenvalue weighted by atomic mass is 10.1. The van der Waals surface area contributed by atoms with Crippen LogP contribution >= 0.6 is 0 Å². The molecule has 2 nitrogen and oxygen atoms in total. The highest BCUT2D eigenvalue weighted by Crippen LogP contribution is 2.14. The molecule has 0 N–H and O–H groups in total. The minimum Gasteiger partial charge on any atom is -0.334 e. The van der Waals surface area contributed by atoms with E-state index in [1.807, 2.05) is 34.9 Å². The first-order valence-electron chi connectivity index (χ1n) is 5.95. The number of benzene rings is 1. The van der Waals surface area contributed by atoms with Crippen molar-refractivity contribution in [2.45, 2.75) is 34.1 Å². The maximum absolute atomic E-state index is 4.15. The Bertz CT molecular complexity index is 312. The number of hydrogen-bond acceptors (Lipinski definition) is 1. The Morgan fingerprint density at radius 2 is 1.69 bits per heavy atom. The quantitative estimate of drug-likeness (QED) is 0.547. The third kappa shape index (κ3) is 4.05. The van der Waals surface area contributed by atoms with Crippen molar-refractivity contribution in [2.24, 2.45) is 4.99 Å². The monoisotopic (exact) mass is 220 g/mol. The number of aliphatic imine (C=N–C) groups is 1. The number of hydrogen-bond donors (Lipinski definition) is 0. The first kappa shape index (κ1) is 14.7. The van der Waals surface area contributed by atoms with Gasteiger partial charge in [-0.25, -0.2) is 0 Å². The molecule has 0 heterocycles. The van der Waals surface area contributed by atoms with Gasteiger partial charge < -0.3 is 4.90 Å². The molecule has 0 aliphatic heterocycles. The Morgan fingerprint density at radius 1 is 1.19 bits per heavy atom. The standard InChI is InChI=1S/C12H18N2.C2H6/c1-5-11-6-8-12(9-7-11)14(4)10(2)13-3;1-2/h6-9H,5H2,1-4H3;1-2H3. The van der Waals surface area contributed by atoms with Gasteiger partial charge in [-0.1, -0.05) is 32.9 Å². The van der Waals surface area contributed by atoms with Crippen molar-refractivity contribution < 1.29 is 0 Å². The van der Waals surface area contributed by atoms with Crippen LogP contribution in [0.1, 0.15) is 33.3 Å². The van der Waals surface area contributed by atoms with Crippen LogP contribution in [0.2, 0.25) is 0 Å². The van der Waals surface area contributed by atoms with Crippen molar-refractivity contribution in [2.75, 3.05) is 19.0 Å². The minimum atomic E-state index is 1.02. The summed E-state index contributed by atoms with van der Waals surface area (Å²) in [7, 11) is 3.84. The molecule has 0 amide bonds. The molecule has 0 aromatic heterocycles. The molecule has 0 aliphatic rings. The summed E-state index contributed by atoms with van der Waals surface area (Å²) in [6.07, 6.45) is 1.09. The van der Waals surface area contributed by atoms with E-state index >= 15 is 0 Å². The molecule has 16 heavy (non-hydrogen) atoms. The van der Waals surface area contributed by atoms with Crippen LogP contribution in [-0.2, 0) is 6.42 Å². The summed E-state index contributed by atoms with van der Waals surface area (Å²) in [4.78, 5) is 6.23. The summed E-state index contributed by atoms with van der Waals surface area (Å²) in [6.45, 7) is 8.17. The summed E-state index contributed by atoms with van der Waals surface area (Å²) in [5.74, 6) is 1.02. The van der Waals surface area contributed by atoms with Crippen LogP contribution < -0.4 is 4.90 Å². The molecular formula is C14H24N2. The van der Waals surface area contributed by atoms with Crippen molar-refractivity contribution in [3.8, 4) is 0 Å². The topological polar surface area (TPSA) is 15.6 Å². The van der Waals surface area contributed by atoms with Crippen LogP contribution in [0.4, 0.5) is 5.69 Å². The van der Waals surface area contributed by atoms with Crippen LogP contribution in [0.15, 0.2) is 29.3 Å². The normalized spacial score (nSPS) is 10.5. The highest BCUT2D eigenvalue weighted by atomic mass is 15.2. The van der Waals surface area contributed by atoms with Crippen LogP contribution in [-0.4, -0.2) is 19.9 Å². The lowest BCUT2D eigenvalue weighted by molar-refractivity contribution is 1.13. The molecule has 0 saturated heterocycles. The Hall–Kier alpha value is -1.31. The van der Waals surface area contributed by atoms with Crippen molar-refractivity contribution >= 4 is 11.5 Å². The molecule has 0 unspecified atom stereocenters. The van der Waals surface area contributed by atoms with E-state index in [1.165, 1.54) is 11.3 Å². The fraction of sp³-hybridized carbons (Fsp3) is 0.500. The second-order valence-electron chi connectivity index (χ2n) is 3.35. The third-order valence-corrected chi connectivity index (χ3v) is 2.54. The van der Waals surface area contributed by atoms with E-state index in [4.69, 9.17) is 0 Å². The zero-order valence-corrected chi connectivity index (χ0v) is 11.4. The first-order valence-corrected chi connectivity index (χ1v) is 5.95. The number of anilines is 1. The van der Waals surface area contributed by atoms with Gasteiger partial charge >= 0.3 is 0 Å². The predicted octanol–water partition coefficient (Wildman–Crippen LogP) is 3.76. The van der Waals surface area contributed by atoms with Gasteiger partial charge in [0.15, 0.2) is 0 Å². The highest BCUT2D eigenvalue weighted by molar-refractivity contribution is 5.95. The fourth-order valence-corrected chi connectivity index (χ4v) is 1.29. The van der Waals surface area contributed by atoms with E-state index in [1.54, 1.807) is 0 Å². The van der Waals surface area contributed by atoms with Crippen molar-refractivity contribution in [1.29, 1.82) is 0 Å². The van der Waals surface area contributed by atoms with Crippen LogP contribution in [0.25, 0.3) is 0 Å². The average Bonchev–Trinajstić information content (AvgIpc) is 2.39. The Morgan fingerprint density at radius 3 is 2.06 bits per heavy atom. The zero-order chi connectivity index (χ0) is 12.6. The number of nitrogens with zero attached hydrogens (tertiary/aromatic N) is 2. The van der Waals surface area contributed by atoms with Crippen molar-refractivity contribution in [3.05, 3.63) is 29.8 Å². The van der Waals surface area contributed by atoms with E-state index in [0.717, 1.165) is 12.3 Å². The molecule has 0 fully saturated rings. The Balaban J connectivity index is 0.00000106. The Kier molecular flexibility index (Phi) is 7.27. The van der Waals surface area contributed by atoms with E-state index in [0.29, 0.717) is 0 Å². The lowest BCUT2D eigenvalue weighted by Gasteiger charge is -2.18. The van der Waals surface area contributed by atoms with Gasteiger partial charge in [0.2, 0.25) is 0 Å². The van der Waals surface area contributed by atoms with Gasteiger partial charge in [0.05, 0.1) is 5.84 Å². The largest absolute Gasteiger partial charge is 0.334 e. The van der Waals surface area contributed by atoms with Gasteiger partial charge in [-0.15, -0.1) is 0 Å². The van der Waals surface area contributed by atoms with Crippen molar-refractivity contribution in [3.63, 3.8) is 0 Å². The second-order valence-corrected chi connectivity index (χ2v) is 3.35. The van der Waals surface area contributed by atoms with E-state index in [-0.39, 0.29) is 0 Å². The number of amidine groups is 1. The van der Waals surface area contributed by atoms with Crippen LogP contribution in [0.5, 0.6) is 0 Å². The van der Waals surface area contributed by atoms with Gasteiger partial charge in [-0.3, -0.25) is 4.99 Å². The molecule has 2 heteroatoms. The summed E-state index contributed by atoms with van der Waals surface area (Å²) >= 11 is 0. The molecule has 0 atom stereocenters. The minimum absolute atomic E-state index is 1.02. The van der Waals surface area contributed by atoms with E-state index < -0.39 is 0 Å². The van der Waals surface area contributed by atoms with Gasteiger partial charge in [-0.05, 0) is 31.0 Å². The molecule has 90 valence electrons. The number of rotatable bonds is 2. The molecule has 0 aliphatic carbocycles. The highest BCUT2D eigenvalue weighted by Gasteiger charge is 2.02. The van der Waals surface area contributed by atoms with Gasteiger partial charge in [0.1, 0.15) is 0 Å². The van der Waals surface area contributed by atoms with Crippen molar-refractivity contribution in [1.82, 2.24) is 0 Å². The molecule has 1 aromatic rings. The maximum Gasteiger partial charge on any atom is 0.0995 e. The summed E-state index contributed by atoms with van der Waals surface area (Å²) in [5, 5.41) is 0. The molecule has 1 aromatic carbocycles. The first-order chi connectivity index (χ1) is 7.69. The third-order valence-electron chi connectivity index (χ3n) is 2.54. The maximum atomic E-state index is 4.15. The van der Waals surface area contributed by atoms with E-state index in [9.17, 15) is 0 Å². The molecule has 0 spiro atoms. The molecular weight excluding hydrogens is 196 g/mol. The summed E-state index contributed by atoms with van der Waals surface area (Å²) < 4.78 is 0. The molecule has 0 bridgehead atoms. The zero-order valence-electron chi connectivity index (χ0n) is 11.4. The number of aryl methyl sites for hydroxylation is 1. The second kappa shape index (κ2) is 7.91. The van der Waals surface area contributed by atoms with Gasteiger partial charge in [0.25, 0.3) is 0 Å². The average molecular weight is 220 g/mol. The van der Waals surface area contributed by atoms with E-state index in [2.05, 4.69) is 41.1 Å². The lowest BCUT2D eigenvalue weighted by Crippen LogP contribution is -2.23. The molecule has 0 saturated carbocycles. The predicted molar refractivity (Wildman–Crippen MR) is 74.6 cm³/mol. The SMILES string of the molecule is CC.CCc1ccc(N(C)C(C)=NC)cc1. The van der Waals surface area contributed by atoms with Gasteiger partial charge in [-0.2, -0.15) is 0 Å². The fourth-order valence-electron chi connectivity index (χ4n) is 1.29. The van der Waals surface area contributed by atoms with Crippen LogP contribution in [0, 0.1) is 0 Å². The summed E-state index contributed by atoms with van der Waals surface area (Å²) in [5.41, 5.74) is 2.55. The molecule has 0 radical (unpaired) electrons. The molecule has 1 rings (SSSR count). The van der Waals surface area contributed by atoms with Gasteiger partial charge in [0, 0.05) is 19.8 Å². The smallest absolute Gasteiger partial charge is 0.0995 e. The van der Waals surface area contributed by atoms with Crippen LogP contribution in [0.3, 0.4) is 0 Å².